The minimum absolute atomic E-state index is 0.0929. The van der Waals surface area contributed by atoms with Crippen LogP contribution in [0.3, 0.4) is 0 Å². The SMILES string of the molecule is CC(N)CCNc1nccn(C(C)(C)C)c1=O. The van der Waals surface area contributed by atoms with Crippen molar-refractivity contribution < 1.29 is 0 Å². The van der Waals surface area contributed by atoms with E-state index in [0.29, 0.717) is 12.4 Å². The zero-order chi connectivity index (χ0) is 13.1. The summed E-state index contributed by atoms with van der Waals surface area (Å²) in [5, 5.41) is 3.03. The zero-order valence-corrected chi connectivity index (χ0v) is 11.0. The molecule has 0 fully saturated rings. The Morgan fingerprint density at radius 3 is 2.71 bits per heavy atom. The Hall–Kier alpha value is -1.36. The molecule has 17 heavy (non-hydrogen) atoms. The largest absolute Gasteiger partial charge is 0.365 e. The molecule has 0 aliphatic carbocycles. The van der Waals surface area contributed by atoms with Crippen LogP contribution < -0.4 is 16.6 Å². The summed E-state index contributed by atoms with van der Waals surface area (Å²) in [4.78, 5) is 16.2. The molecular formula is C12H22N4O. The van der Waals surface area contributed by atoms with Crippen LogP contribution >= 0.6 is 0 Å². The molecule has 5 heteroatoms. The summed E-state index contributed by atoms with van der Waals surface area (Å²) in [5.74, 6) is 0.392. The first-order valence-corrected chi connectivity index (χ1v) is 5.90. The first-order chi connectivity index (χ1) is 7.82. The fourth-order valence-corrected chi connectivity index (χ4v) is 1.48. The Kier molecular flexibility index (Phi) is 4.28. The molecule has 1 unspecified atom stereocenters. The van der Waals surface area contributed by atoms with Crippen LogP contribution in [0.4, 0.5) is 5.82 Å². The minimum atomic E-state index is -0.238. The summed E-state index contributed by atoms with van der Waals surface area (Å²) in [5.41, 5.74) is 5.32. The first-order valence-electron chi connectivity index (χ1n) is 5.90. The van der Waals surface area contributed by atoms with E-state index in [1.807, 2.05) is 27.7 Å². The van der Waals surface area contributed by atoms with E-state index >= 15 is 0 Å². The van der Waals surface area contributed by atoms with E-state index in [2.05, 4.69) is 10.3 Å². The first kappa shape index (κ1) is 13.7. The maximum absolute atomic E-state index is 12.1. The second-order valence-electron chi connectivity index (χ2n) is 5.31. The van der Waals surface area contributed by atoms with Crippen molar-refractivity contribution in [3.63, 3.8) is 0 Å². The van der Waals surface area contributed by atoms with Crippen LogP contribution in [0.15, 0.2) is 17.2 Å². The number of hydrogen-bond acceptors (Lipinski definition) is 4. The van der Waals surface area contributed by atoms with Gasteiger partial charge in [0.05, 0.1) is 0 Å². The lowest BCUT2D eigenvalue weighted by atomic mass is 10.1. The summed E-state index contributed by atoms with van der Waals surface area (Å²) in [6, 6.07) is 0.121. The molecule has 0 spiro atoms. The molecule has 5 nitrogen and oxygen atoms in total. The molecule has 96 valence electrons. The van der Waals surface area contributed by atoms with Gasteiger partial charge in [-0.3, -0.25) is 4.79 Å². The van der Waals surface area contributed by atoms with Gasteiger partial charge in [0.15, 0.2) is 5.82 Å². The molecule has 0 saturated heterocycles. The van der Waals surface area contributed by atoms with Crippen molar-refractivity contribution in [3.8, 4) is 0 Å². The van der Waals surface area contributed by atoms with E-state index in [4.69, 9.17) is 5.73 Å². The lowest BCUT2D eigenvalue weighted by Gasteiger charge is -2.22. The van der Waals surface area contributed by atoms with Crippen LogP contribution in [0.1, 0.15) is 34.1 Å². The molecule has 0 aliphatic heterocycles. The fourth-order valence-electron chi connectivity index (χ4n) is 1.48. The van der Waals surface area contributed by atoms with Gasteiger partial charge in [0.2, 0.25) is 0 Å². The van der Waals surface area contributed by atoms with Crippen molar-refractivity contribution in [2.24, 2.45) is 5.73 Å². The monoisotopic (exact) mass is 238 g/mol. The van der Waals surface area contributed by atoms with Crippen molar-refractivity contribution in [3.05, 3.63) is 22.7 Å². The van der Waals surface area contributed by atoms with Crippen LogP contribution in [-0.2, 0) is 5.54 Å². The number of nitrogens with two attached hydrogens (primary N) is 1. The highest BCUT2D eigenvalue weighted by atomic mass is 16.1. The van der Waals surface area contributed by atoms with Gasteiger partial charge in [-0.2, -0.15) is 0 Å². The predicted octanol–water partition coefficient (Wildman–Crippen LogP) is 1.15. The number of hydrogen-bond donors (Lipinski definition) is 2. The number of anilines is 1. The third-order valence-electron chi connectivity index (χ3n) is 2.46. The van der Waals surface area contributed by atoms with Crippen LogP contribution in [0, 0.1) is 0 Å². The van der Waals surface area contributed by atoms with Crippen molar-refractivity contribution in [1.82, 2.24) is 9.55 Å². The summed E-state index contributed by atoms with van der Waals surface area (Å²) in [6.45, 7) is 8.56. The highest BCUT2D eigenvalue weighted by molar-refractivity contribution is 5.30. The van der Waals surface area contributed by atoms with Crippen LogP contribution in [0.2, 0.25) is 0 Å². The average molecular weight is 238 g/mol. The number of nitrogens with zero attached hydrogens (tertiary/aromatic N) is 2. The minimum Gasteiger partial charge on any atom is -0.365 e. The van der Waals surface area contributed by atoms with E-state index in [9.17, 15) is 4.79 Å². The highest BCUT2D eigenvalue weighted by Crippen LogP contribution is 2.10. The van der Waals surface area contributed by atoms with Crippen molar-refractivity contribution in [2.45, 2.75) is 45.7 Å². The molecule has 1 aromatic rings. The van der Waals surface area contributed by atoms with Crippen LogP contribution in [-0.4, -0.2) is 22.1 Å². The van der Waals surface area contributed by atoms with Gasteiger partial charge in [-0.15, -0.1) is 0 Å². The van der Waals surface area contributed by atoms with Gasteiger partial charge in [0.1, 0.15) is 0 Å². The molecule has 1 heterocycles. The Morgan fingerprint density at radius 1 is 1.53 bits per heavy atom. The van der Waals surface area contributed by atoms with Gasteiger partial charge < -0.3 is 15.6 Å². The predicted molar refractivity (Wildman–Crippen MR) is 70.2 cm³/mol. The molecule has 1 atom stereocenters. The number of aromatic nitrogens is 2. The van der Waals surface area contributed by atoms with Crippen LogP contribution in [0.25, 0.3) is 0 Å². The maximum atomic E-state index is 12.1. The standard InChI is InChI=1S/C12H22N4O/c1-9(13)5-6-14-10-11(17)16(8-7-15-10)12(2,3)4/h7-9H,5-6,13H2,1-4H3,(H,14,15). The van der Waals surface area contributed by atoms with Crippen LogP contribution in [0.5, 0.6) is 0 Å². The normalized spacial score (nSPS) is 13.5. The van der Waals surface area contributed by atoms with Crippen molar-refractivity contribution >= 4 is 5.82 Å². The van der Waals surface area contributed by atoms with E-state index in [0.717, 1.165) is 6.42 Å². The van der Waals surface area contributed by atoms with Gasteiger partial charge >= 0.3 is 0 Å². The molecule has 0 aliphatic rings. The summed E-state index contributed by atoms with van der Waals surface area (Å²) in [7, 11) is 0. The summed E-state index contributed by atoms with van der Waals surface area (Å²) < 4.78 is 1.67. The molecule has 0 aromatic carbocycles. The average Bonchev–Trinajstić information content (AvgIpc) is 2.18. The molecule has 1 rings (SSSR count). The Bertz CT molecular complexity index is 417. The topological polar surface area (TPSA) is 72.9 Å². The Labute approximate surface area is 102 Å². The van der Waals surface area contributed by atoms with Gasteiger partial charge in [-0.1, -0.05) is 0 Å². The third-order valence-corrected chi connectivity index (χ3v) is 2.46. The quantitative estimate of drug-likeness (QED) is 0.825. The number of nitrogens with one attached hydrogen (secondary N) is 1. The van der Waals surface area contributed by atoms with Gasteiger partial charge in [-0.25, -0.2) is 4.98 Å². The lowest BCUT2D eigenvalue weighted by molar-refractivity contribution is 0.383. The van der Waals surface area contributed by atoms with Crippen molar-refractivity contribution in [1.29, 1.82) is 0 Å². The Morgan fingerprint density at radius 2 is 2.18 bits per heavy atom. The zero-order valence-electron chi connectivity index (χ0n) is 11.0. The molecular weight excluding hydrogens is 216 g/mol. The molecule has 1 aromatic heterocycles. The second kappa shape index (κ2) is 5.31. The summed E-state index contributed by atoms with van der Waals surface area (Å²) in [6.07, 6.45) is 4.16. The Balaban J connectivity index is 2.85. The second-order valence-corrected chi connectivity index (χ2v) is 5.31. The van der Waals surface area contributed by atoms with E-state index < -0.39 is 0 Å². The van der Waals surface area contributed by atoms with Gasteiger partial charge in [0, 0.05) is 30.5 Å². The van der Waals surface area contributed by atoms with Crippen molar-refractivity contribution in [2.75, 3.05) is 11.9 Å². The lowest BCUT2D eigenvalue weighted by Crippen LogP contribution is -2.35. The van der Waals surface area contributed by atoms with Gasteiger partial charge in [0.25, 0.3) is 5.56 Å². The van der Waals surface area contributed by atoms with E-state index in [1.54, 1.807) is 17.0 Å². The smallest absolute Gasteiger partial charge is 0.293 e. The van der Waals surface area contributed by atoms with E-state index in [-0.39, 0.29) is 17.1 Å². The molecule has 0 saturated carbocycles. The maximum Gasteiger partial charge on any atom is 0.293 e. The molecule has 0 amide bonds. The third kappa shape index (κ3) is 3.85. The molecule has 0 radical (unpaired) electrons. The molecule has 0 bridgehead atoms. The highest BCUT2D eigenvalue weighted by Gasteiger charge is 2.16. The number of rotatable bonds is 4. The van der Waals surface area contributed by atoms with E-state index in [1.165, 1.54) is 0 Å². The molecule has 3 N–H and O–H groups in total. The van der Waals surface area contributed by atoms with Gasteiger partial charge in [-0.05, 0) is 34.1 Å². The summed E-state index contributed by atoms with van der Waals surface area (Å²) >= 11 is 0. The fraction of sp³-hybridized carbons (Fsp3) is 0.667.